The highest BCUT2D eigenvalue weighted by Crippen LogP contribution is 2.10. The Bertz CT molecular complexity index is 479. The number of rotatable bonds is 5. The maximum absolute atomic E-state index is 11.7. The number of amides is 2. The molecular weight excluding hydrogens is 268 g/mol. The molecule has 1 N–H and O–H groups in total. The highest BCUT2D eigenvalue weighted by atomic mass is 35.5. The first-order valence-electron chi connectivity index (χ1n) is 6.08. The molecule has 5 nitrogen and oxygen atoms in total. The molecule has 1 aliphatic heterocycles. The molecule has 2 amide bonds. The van der Waals surface area contributed by atoms with Gasteiger partial charge < -0.3 is 15.0 Å². The SMILES string of the molecule is O=C(Cc1cccc(Cl)c1)NCCN1CCOC1=O. The number of halogens is 1. The zero-order chi connectivity index (χ0) is 13.7. The summed E-state index contributed by atoms with van der Waals surface area (Å²) >= 11 is 5.85. The van der Waals surface area contributed by atoms with E-state index in [0.717, 1.165) is 5.56 Å². The molecule has 0 spiro atoms. The highest BCUT2D eigenvalue weighted by molar-refractivity contribution is 6.30. The van der Waals surface area contributed by atoms with E-state index in [-0.39, 0.29) is 18.4 Å². The third-order valence-corrected chi connectivity index (χ3v) is 3.04. The Kier molecular flexibility index (Phi) is 4.63. The van der Waals surface area contributed by atoms with Crippen LogP contribution in [0.4, 0.5) is 4.79 Å². The van der Waals surface area contributed by atoms with Crippen molar-refractivity contribution in [1.29, 1.82) is 0 Å². The van der Waals surface area contributed by atoms with Crippen LogP contribution >= 0.6 is 11.6 Å². The van der Waals surface area contributed by atoms with E-state index in [1.165, 1.54) is 0 Å². The lowest BCUT2D eigenvalue weighted by molar-refractivity contribution is -0.120. The second kappa shape index (κ2) is 6.43. The fraction of sp³-hybridized carbons (Fsp3) is 0.385. The highest BCUT2D eigenvalue weighted by Gasteiger charge is 2.21. The van der Waals surface area contributed by atoms with Crippen molar-refractivity contribution in [2.45, 2.75) is 6.42 Å². The number of hydrogen-bond acceptors (Lipinski definition) is 3. The average molecular weight is 283 g/mol. The fourth-order valence-corrected chi connectivity index (χ4v) is 2.07. The van der Waals surface area contributed by atoms with E-state index in [2.05, 4.69) is 5.32 Å². The Morgan fingerprint density at radius 2 is 2.32 bits per heavy atom. The molecule has 0 aromatic heterocycles. The van der Waals surface area contributed by atoms with Gasteiger partial charge in [-0.05, 0) is 17.7 Å². The van der Waals surface area contributed by atoms with Gasteiger partial charge >= 0.3 is 6.09 Å². The van der Waals surface area contributed by atoms with E-state index in [1.807, 2.05) is 12.1 Å². The number of hydrogen-bond donors (Lipinski definition) is 1. The third kappa shape index (κ3) is 4.13. The maximum Gasteiger partial charge on any atom is 0.409 e. The summed E-state index contributed by atoms with van der Waals surface area (Å²) in [5, 5.41) is 3.38. The third-order valence-electron chi connectivity index (χ3n) is 2.80. The van der Waals surface area contributed by atoms with Gasteiger partial charge in [-0.1, -0.05) is 23.7 Å². The number of cyclic esters (lactones) is 1. The molecule has 0 radical (unpaired) electrons. The summed E-state index contributed by atoms with van der Waals surface area (Å²) in [7, 11) is 0. The van der Waals surface area contributed by atoms with Gasteiger partial charge in [0.05, 0.1) is 13.0 Å². The molecular formula is C13H15ClN2O3. The molecule has 0 atom stereocenters. The average Bonchev–Trinajstić information content (AvgIpc) is 2.75. The van der Waals surface area contributed by atoms with Crippen LogP contribution in [0.2, 0.25) is 5.02 Å². The second-order valence-electron chi connectivity index (χ2n) is 4.26. The first-order chi connectivity index (χ1) is 9.15. The van der Waals surface area contributed by atoms with E-state index in [0.29, 0.717) is 31.3 Å². The molecule has 0 bridgehead atoms. The summed E-state index contributed by atoms with van der Waals surface area (Å²) in [6.45, 7) is 1.91. The van der Waals surface area contributed by atoms with Crippen LogP contribution < -0.4 is 5.32 Å². The van der Waals surface area contributed by atoms with Crippen LogP contribution in [0.15, 0.2) is 24.3 Å². The van der Waals surface area contributed by atoms with E-state index in [4.69, 9.17) is 16.3 Å². The monoisotopic (exact) mass is 282 g/mol. The van der Waals surface area contributed by atoms with Crippen LogP contribution in [0, 0.1) is 0 Å². The lowest BCUT2D eigenvalue weighted by atomic mass is 10.1. The summed E-state index contributed by atoms with van der Waals surface area (Å²) < 4.78 is 4.79. The predicted octanol–water partition coefficient (Wildman–Crippen LogP) is 1.45. The van der Waals surface area contributed by atoms with Gasteiger partial charge in [0.2, 0.25) is 5.91 Å². The van der Waals surface area contributed by atoms with Gasteiger partial charge in [0.1, 0.15) is 6.61 Å². The largest absolute Gasteiger partial charge is 0.448 e. The van der Waals surface area contributed by atoms with E-state index in [9.17, 15) is 9.59 Å². The van der Waals surface area contributed by atoms with E-state index in [1.54, 1.807) is 17.0 Å². The molecule has 1 aromatic carbocycles. The molecule has 6 heteroatoms. The van der Waals surface area contributed by atoms with Gasteiger partial charge in [-0.15, -0.1) is 0 Å². The zero-order valence-electron chi connectivity index (χ0n) is 10.4. The van der Waals surface area contributed by atoms with Gasteiger partial charge in [-0.3, -0.25) is 4.79 Å². The van der Waals surface area contributed by atoms with Crippen LogP contribution in [0.1, 0.15) is 5.56 Å². The minimum absolute atomic E-state index is 0.0881. The van der Waals surface area contributed by atoms with E-state index >= 15 is 0 Å². The van der Waals surface area contributed by atoms with Crippen molar-refractivity contribution in [3.8, 4) is 0 Å². The Hall–Kier alpha value is -1.75. The lowest BCUT2D eigenvalue weighted by Gasteiger charge is -2.12. The maximum atomic E-state index is 11.7. The van der Waals surface area contributed by atoms with Gasteiger partial charge in [-0.25, -0.2) is 4.79 Å². The van der Waals surface area contributed by atoms with Crippen molar-refractivity contribution in [1.82, 2.24) is 10.2 Å². The van der Waals surface area contributed by atoms with Crippen LogP contribution in [0.5, 0.6) is 0 Å². The topological polar surface area (TPSA) is 58.6 Å². The van der Waals surface area contributed by atoms with E-state index < -0.39 is 0 Å². The summed E-state index contributed by atoms with van der Waals surface area (Å²) in [5.74, 6) is -0.0881. The molecule has 1 saturated heterocycles. The number of nitrogens with one attached hydrogen (secondary N) is 1. The summed E-state index contributed by atoms with van der Waals surface area (Å²) in [4.78, 5) is 24.4. The lowest BCUT2D eigenvalue weighted by Crippen LogP contribution is -2.36. The number of carbonyl (C=O) groups excluding carboxylic acids is 2. The molecule has 1 aromatic rings. The van der Waals surface area contributed by atoms with Crippen molar-refractivity contribution in [3.63, 3.8) is 0 Å². The van der Waals surface area contributed by atoms with Crippen LogP contribution in [0.3, 0.4) is 0 Å². The molecule has 2 rings (SSSR count). The fourth-order valence-electron chi connectivity index (χ4n) is 1.85. The molecule has 19 heavy (non-hydrogen) atoms. The predicted molar refractivity (Wildman–Crippen MR) is 71.1 cm³/mol. The van der Waals surface area contributed by atoms with Crippen molar-refractivity contribution < 1.29 is 14.3 Å². The molecule has 1 aliphatic rings. The molecule has 0 unspecified atom stereocenters. The van der Waals surface area contributed by atoms with Crippen LogP contribution in [-0.4, -0.2) is 43.1 Å². The van der Waals surface area contributed by atoms with Crippen molar-refractivity contribution in [2.24, 2.45) is 0 Å². The molecule has 1 fully saturated rings. The number of ether oxygens (including phenoxy) is 1. The zero-order valence-corrected chi connectivity index (χ0v) is 11.2. The van der Waals surface area contributed by atoms with Gasteiger partial charge in [-0.2, -0.15) is 0 Å². The molecule has 102 valence electrons. The minimum atomic E-state index is -0.316. The Morgan fingerprint density at radius 1 is 1.47 bits per heavy atom. The standard InChI is InChI=1S/C13H15ClN2O3/c14-11-3-1-2-10(8-11)9-12(17)15-4-5-16-6-7-19-13(16)18/h1-3,8H,4-7,9H2,(H,15,17). The van der Waals surface area contributed by atoms with Gasteiger partial charge in [0, 0.05) is 18.1 Å². The summed E-state index contributed by atoms with van der Waals surface area (Å²) in [5.41, 5.74) is 0.866. The van der Waals surface area contributed by atoms with Gasteiger partial charge in [0.15, 0.2) is 0 Å². The van der Waals surface area contributed by atoms with Crippen LogP contribution in [-0.2, 0) is 16.0 Å². The van der Waals surface area contributed by atoms with Crippen LogP contribution in [0.25, 0.3) is 0 Å². The quantitative estimate of drug-likeness (QED) is 0.889. The normalized spacial score (nSPS) is 14.4. The summed E-state index contributed by atoms with van der Waals surface area (Å²) in [6, 6.07) is 7.19. The van der Waals surface area contributed by atoms with Crippen molar-refractivity contribution >= 4 is 23.6 Å². The second-order valence-corrected chi connectivity index (χ2v) is 4.69. The first kappa shape index (κ1) is 13.7. The van der Waals surface area contributed by atoms with Crippen molar-refractivity contribution in [3.05, 3.63) is 34.9 Å². The van der Waals surface area contributed by atoms with Gasteiger partial charge in [0.25, 0.3) is 0 Å². The Labute approximate surface area is 116 Å². The van der Waals surface area contributed by atoms with Crippen molar-refractivity contribution in [2.75, 3.05) is 26.2 Å². The minimum Gasteiger partial charge on any atom is -0.448 e. The smallest absolute Gasteiger partial charge is 0.409 e. The number of benzene rings is 1. The molecule has 0 aliphatic carbocycles. The summed E-state index contributed by atoms with van der Waals surface area (Å²) in [6.07, 6.45) is -0.0329. The Morgan fingerprint density at radius 3 is 3.00 bits per heavy atom. The molecule has 0 saturated carbocycles. The number of nitrogens with zero attached hydrogens (tertiary/aromatic N) is 1. The first-order valence-corrected chi connectivity index (χ1v) is 6.46. The Balaban J connectivity index is 1.71. The molecule has 1 heterocycles. The number of carbonyl (C=O) groups is 2.